The van der Waals surface area contributed by atoms with Gasteiger partial charge in [0.05, 0.1) is 12.2 Å². The molecule has 1 aromatic rings. The molecule has 1 saturated heterocycles. The van der Waals surface area contributed by atoms with Gasteiger partial charge in [-0.3, -0.25) is 0 Å². The zero-order valence-corrected chi connectivity index (χ0v) is 12.5. The number of hydrogen-bond donors (Lipinski definition) is 1. The third-order valence-electron chi connectivity index (χ3n) is 3.55. The van der Waals surface area contributed by atoms with E-state index in [0.717, 1.165) is 69.3 Å². The Morgan fingerprint density at radius 1 is 1.30 bits per heavy atom. The maximum absolute atomic E-state index is 5.97. The van der Waals surface area contributed by atoms with Gasteiger partial charge in [-0.1, -0.05) is 13.3 Å². The predicted molar refractivity (Wildman–Crippen MR) is 79.2 cm³/mol. The van der Waals surface area contributed by atoms with E-state index < -0.39 is 0 Å². The summed E-state index contributed by atoms with van der Waals surface area (Å²) < 4.78 is 11.3. The zero-order valence-electron chi connectivity index (χ0n) is 12.5. The van der Waals surface area contributed by atoms with Crippen LogP contribution in [0.25, 0.3) is 0 Å². The number of aromatic nitrogens is 2. The van der Waals surface area contributed by atoms with Crippen molar-refractivity contribution in [2.75, 3.05) is 31.7 Å². The van der Waals surface area contributed by atoms with Crippen LogP contribution in [0.3, 0.4) is 0 Å². The molecule has 2 rings (SSSR count). The van der Waals surface area contributed by atoms with Gasteiger partial charge in [0.2, 0.25) is 5.88 Å². The Labute approximate surface area is 121 Å². The molecule has 0 bridgehead atoms. The van der Waals surface area contributed by atoms with Crippen LogP contribution in [0.1, 0.15) is 38.7 Å². The maximum Gasteiger partial charge on any atom is 0.221 e. The van der Waals surface area contributed by atoms with Crippen LogP contribution in [-0.2, 0) is 11.2 Å². The van der Waals surface area contributed by atoms with Crippen molar-refractivity contribution in [3.05, 3.63) is 11.9 Å². The molecule has 0 amide bonds. The van der Waals surface area contributed by atoms with Crippen molar-refractivity contribution >= 4 is 5.82 Å². The van der Waals surface area contributed by atoms with Crippen LogP contribution in [0.4, 0.5) is 5.82 Å². The molecule has 112 valence electrons. The summed E-state index contributed by atoms with van der Waals surface area (Å²) in [5, 5.41) is 3.29. The monoisotopic (exact) mass is 279 g/mol. The van der Waals surface area contributed by atoms with Crippen LogP contribution in [0, 0.1) is 5.92 Å². The molecule has 1 aliphatic heterocycles. The highest BCUT2D eigenvalue weighted by Gasteiger charge is 2.17. The molecule has 0 radical (unpaired) electrons. The van der Waals surface area contributed by atoms with Crippen molar-refractivity contribution in [2.45, 2.75) is 39.5 Å². The maximum atomic E-state index is 5.97. The second-order valence-electron chi connectivity index (χ2n) is 5.15. The molecule has 0 spiro atoms. The van der Waals surface area contributed by atoms with E-state index in [2.05, 4.69) is 29.1 Å². The normalized spacial score (nSPS) is 16.1. The standard InChI is InChI=1S/C15H25N3O2/c1-3-5-13-14(16-4-2)17-11-18-15(13)20-10-12-6-8-19-9-7-12/h11-12H,3-10H2,1-2H3,(H,16,17,18). The van der Waals surface area contributed by atoms with E-state index in [1.54, 1.807) is 6.33 Å². The van der Waals surface area contributed by atoms with E-state index in [1.807, 2.05) is 0 Å². The van der Waals surface area contributed by atoms with E-state index in [4.69, 9.17) is 9.47 Å². The predicted octanol–water partition coefficient (Wildman–Crippen LogP) is 2.67. The summed E-state index contributed by atoms with van der Waals surface area (Å²) >= 11 is 0. The molecule has 1 N–H and O–H groups in total. The van der Waals surface area contributed by atoms with E-state index >= 15 is 0 Å². The van der Waals surface area contributed by atoms with Gasteiger partial charge in [0.25, 0.3) is 0 Å². The third-order valence-corrected chi connectivity index (χ3v) is 3.55. The van der Waals surface area contributed by atoms with E-state index in [9.17, 15) is 0 Å². The molecule has 1 aliphatic rings. The summed E-state index contributed by atoms with van der Waals surface area (Å²) in [6.07, 6.45) is 5.73. The number of ether oxygens (including phenoxy) is 2. The molecular weight excluding hydrogens is 254 g/mol. The van der Waals surface area contributed by atoms with Gasteiger partial charge in [-0.2, -0.15) is 0 Å². The van der Waals surface area contributed by atoms with Gasteiger partial charge >= 0.3 is 0 Å². The average molecular weight is 279 g/mol. The van der Waals surface area contributed by atoms with Gasteiger partial charge in [-0.05, 0) is 32.1 Å². The fourth-order valence-corrected chi connectivity index (χ4v) is 2.43. The second kappa shape index (κ2) is 8.04. The minimum Gasteiger partial charge on any atom is -0.477 e. The first kappa shape index (κ1) is 15.0. The SMILES string of the molecule is CCCc1c(NCC)ncnc1OCC1CCOCC1. The van der Waals surface area contributed by atoms with Crippen molar-refractivity contribution in [1.82, 2.24) is 9.97 Å². The van der Waals surface area contributed by atoms with Gasteiger partial charge in [-0.25, -0.2) is 9.97 Å². The molecule has 1 fully saturated rings. The van der Waals surface area contributed by atoms with Crippen molar-refractivity contribution in [1.29, 1.82) is 0 Å². The highest BCUT2D eigenvalue weighted by Crippen LogP contribution is 2.25. The lowest BCUT2D eigenvalue weighted by Gasteiger charge is -2.22. The number of anilines is 1. The minimum absolute atomic E-state index is 0.579. The molecule has 0 aliphatic carbocycles. The first-order valence-electron chi connectivity index (χ1n) is 7.63. The summed E-state index contributed by atoms with van der Waals surface area (Å²) in [5.74, 6) is 2.23. The lowest BCUT2D eigenvalue weighted by Crippen LogP contribution is -2.22. The molecule has 0 saturated carbocycles. The summed E-state index contributed by atoms with van der Waals surface area (Å²) in [6, 6.07) is 0. The Bertz CT molecular complexity index is 406. The Morgan fingerprint density at radius 3 is 2.80 bits per heavy atom. The lowest BCUT2D eigenvalue weighted by molar-refractivity contribution is 0.0488. The highest BCUT2D eigenvalue weighted by molar-refractivity contribution is 5.48. The van der Waals surface area contributed by atoms with E-state index in [1.165, 1.54) is 0 Å². The average Bonchev–Trinajstić information content (AvgIpc) is 2.49. The smallest absolute Gasteiger partial charge is 0.221 e. The topological polar surface area (TPSA) is 56.3 Å². The number of rotatable bonds is 7. The molecule has 0 aromatic carbocycles. The molecule has 5 nitrogen and oxygen atoms in total. The molecule has 0 unspecified atom stereocenters. The van der Waals surface area contributed by atoms with Gasteiger partial charge in [0, 0.05) is 19.8 Å². The van der Waals surface area contributed by atoms with Crippen molar-refractivity contribution in [2.24, 2.45) is 5.92 Å². The number of nitrogens with one attached hydrogen (secondary N) is 1. The Kier molecular flexibility index (Phi) is 6.05. The van der Waals surface area contributed by atoms with Crippen LogP contribution in [0.2, 0.25) is 0 Å². The van der Waals surface area contributed by atoms with Crippen LogP contribution in [0.5, 0.6) is 5.88 Å². The zero-order chi connectivity index (χ0) is 14.2. The molecule has 5 heteroatoms. The highest BCUT2D eigenvalue weighted by atomic mass is 16.5. The van der Waals surface area contributed by atoms with Crippen LogP contribution in [-0.4, -0.2) is 36.3 Å². The van der Waals surface area contributed by atoms with Gasteiger partial charge in [0.1, 0.15) is 12.1 Å². The first-order chi connectivity index (χ1) is 9.85. The number of hydrogen-bond acceptors (Lipinski definition) is 5. The van der Waals surface area contributed by atoms with Crippen molar-refractivity contribution in [3.63, 3.8) is 0 Å². The fraction of sp³-hybridized carbons (Fsp3) is 0.733. The quantitative estimate of drug-likeness (QED) is 0.831. The Balaban J connectivity index is 2.02. The summed E-state index contributed by atoms with van der Waals surface area (Å²) in [7, 11) is 0. The van der Waals surface area contributed by atoms with Crippen molar-refractivity contribution in [3.8, 4) is 5.88 Å². The molecule has 2 heterocycles. The second-order valence-corrected chi connectivity index (χ2v) is 5.15. The molecule has 0 atom stereocenters. The Morgan fingerprint density at radius 2 is 2.10 bits per heavy atom. The summed E-state index contributed by atoms with van der Waals surface area (Å²) in [4.78, 5) is 8.64. The molecule has 1 aromatic heterocycles. The van der Waals surface area contributed by atoms with Gasteiger partial charge < -0.3 is 14.8 Å². The Hall–Kier alpha value is -1.36. The van der Waals surface area contributed by atoms with E-state index in [0.29, 0.717) is 5.92 Å². The van der Waals surface area contributed by atoms with Crippen LogP contribution < -0.4 is 10.1 Å². The van der Waals surface area contributed by atoms with Gasteiger partial charge in [-0.15, -0.1) is 0 Å². The van der Waals surface area contributed by atoms with Gasteiger partial charge in [0.15, 0.2) is 0 Å². The molecule has 20 heavy (non-hydrogen) atoms. The number of nitrogens with zero attached hydrogens (tertiary/aromatic N) is 2. The van der Waals surface area contributed by atoms with Crippen LogP contribution in [0.15, 0.2) is 6.33 Å². The first-order valence-corrected chi connectivity index (χ1v) is 7.63. The summed E-state index contributed by atoms with van der Waals surface area (Å²) in [5.41, 5.74) is 1.10. The third kappa shape index (κ3) is 4.07. The molecular formula is C15H25N3O2. The minimum atomic E-state index is 0.579. The van der Waals surface area contributed by atoms with E-state index in [-0.39, 0.29) is 0 Å². The largest absolute Gasteiger partial charge is 0.477 e. The fourth-order valence-electron chi connectivity index (χ4n) is 2.43. The summed E-state index contributed by atoms with van der Waals surface area (Å²) in [6.45, 7) is 7.51. The lowest BCUT2D eigenvalue weighted by atomic mass is 10.0. The van der Waals surface area contributed by atoms with Crippen LogP contribution >= 0.6 is 0 Å². The van der Waals surface area contributed by atoms with Crippen molar-refractivity contribution < 1.29 is 9.47 Å².